The van der Waals surface area contributed by atoms with Crippen molar-refractivity contribution in [1.29, 1.82) is 0 Å². The highest BCUT2D eigenvalue weighted by Gasteiger charge is 2.16. The zero-order valence-electron chi connectivity index (χ0n) is 7.86. The summed E-state index contributed by atoms with van der Waals surface area (Å²) in [6.07, 6.45) is 5.76. The second-order valence-electron chi connectivity index (χ2n) is 2.75. The SMILES string of the molecule is CSCC[C@H](Nc1ncc[nH]1)C(=O)O. The van der Waals surface area contributed by atoms with Gasteiger partial charge in [0.05, 0.1) is 0 Å². The van der Waals surface area contributed by atoms with Gasteiger partial charge in [-0.1, -0.05) is 0 Å². The fourth-order valence-corrected chi connectivity index (χ4v) is 1.47. The van der Waals surface area contributed by atoms with Crippen LogP contribution in [0.15, 0.2) is 12.4 Å². The van der Waals surface area contributed by atoms with Gasteiger partial charge < -0.3 is 15.4 Å². The third-order valence-electron chi connectivity index (χ3n) is 1.72. The maximum atomic E-state index is 10.8. The van der Waals surface area contributed by atoms with E-state index >= 15 is 0 Å². The van der Waals surface area contributed by atoms with E-state index in [0.29, 0.717) is 12.4 Å². The van der Waals surface area contributed by atoms with Crippen molar-refractivity contribution in [3.63, 3.8) is 0 Å². The fraction of sp³-hybridized carbons (Fsp3) is 0.500. The summed E-state index contributed by atoms with van der Waals surface area (Å²) in [5.74, 6) is 0.457. The molecule has 0 saturated carbocycles. The van der Waals surface area contributed by atoms with E-state index in [1.54, 1.807) is 24.2 Å². The molecule has 1 aromatic rings. The van der Waals surface area contributed by atoms with Gasteiger partial charge in [-0.15, -0.1) is 0 Å². The van der Waals surface area contributed by atoms with E-state index in [-0.39, 0.29) is 0 Å². The second kappa shape index (κ2) is 5.54. The van der Waals surface area contributed by atoms with Crippen LogP contribution in [0.25, 0.3) is 0 Å². The summed E-state index contributed by atoms with van der Waals surface area (Å²) in [5, 5.41) is 11.7. The maximum Gasteiger partial charge on any atom is 0.326 e. The van der Waals surface area contributed by atoms with Gasteiger partial charge in [0.15, 0.2) is 0 Å². The molecule has 5 nitrogen and oxygen atoms in total. The van der Waals surface area contributed by atoms with E-state index in [9.17, 15) is 4.79 Å². The summed E-state index contributed by atoms with van der Waals surface area (Å²) in [6.45, 7) is 0. The molecule has 0 amide bonds. The van der Waals surface area contributed by atoms with E-state index in [1.807, 2.05) is 6.26 Å². The number of H-pyrrole nitrogens is 1. The molecule has 0 aromatic carbocycles. The average molecular weight is 215 g/mol. The first kappa shape index (κ1) is 10.9. The van der Waals surface area contributed by atoms with Crippen molar-refractivity contribution in [1.82, 2.24) is 9.97 Å². The van der Waals surface area contributed by atoms with Crippen LogP contribution in [0.4, 0.5) is 5.95 Å². The predicted octanol–water partition coefficient (Wildman–Crippen LogP) is 1.03. The molecule has 6 heteroatoms. The van der Waals surface area contributed by atoms with Crippen molar-refractivity contribution in [3.05, 3.63) is 12.4 Å². The standard InChI is InChI=1S/C8H13N3O2S/c1-14-5-2-6(7(12)13)11-8-9-3-4-10-8/h3-4,6H,2,5H2,1H3,(H,12,13)(H2,9,10,11)/t6-/m0/s1. The van der Waals surface area contributed by atoms with Gasteiger partial charge in [0.1, 0.15) is 6.04 Å². The molecule has 0 aliphatic rings. The van der Waals surface area contributed by atoms with Crippen LogP contribution < -0.4 is 5.32 Å². The summed E-state index contributed by atoms with van der Waals surface area (Å²) in [5.41, 5.74) is 0. The number of carbonyl (C=O) groups is 1. The van der Waals surface area contributed by atoms with Crippen LogP contribution in [0.1, 0.15) is 6.42 Å². The van der Waals surface area contributed by atoms with Crippen molar-refractivity contribution in [2.24, 2.45) is 0 Å². The molecule has 0 radical (unpaired) electrons. The summed E-state index contributed by atoms with van der Waals surface area (Å²) in [6, 6.07) is -0.575. The summed E-state index contributed by atoms with van der Waals surface area (Å²) < 4.78 is 0. The van der Waals surface area contributed by atoms with Crippen LogP contribution in [0.3, 0.4) is 0 Å². The molecule has 0 aliphatic carbocycles. The summed E-state index contributed by atoms with van der Waals surface area (Å²) in [7, 11) is 0. The largest absolute Gasteiger partial charge is 0.480 e. The Morgan fingerprint density at radius 2 is 2.64 bits per heavy atom. The third kappa shape index (κ3) is 3.29. The first-order valence-corrected chi connectivity index (χ1v) is 5.61. The van der Waals surface area contributed by atoms with Gasteiger partial charge in [-0.05, 0) is 18.4 Å². The normalized spacial score (nSPS) is 12.4. The molecule has 1 atom stereocenters. The highest BCUT2D eigenvalue weighted by atomic mass is 32.2. The molecule has 1 rings (SSSR count). The number of carboxylic acids is 1. The smallest absolute Gasteiger partial charge is 0.326 e. The molecule has 3 N–H and O–H groups in total. The van der Waals surface area contributed by atoms with Gasteiger partial charge >= 0.3 is 5.97 Å². The Labute approximate surface area is 86.3 Å². The number of nitrogens with zero attached hydrogens (tertiary/aromatic N) is 1. The molecular weight excluding hydrogens is 202 g/mol. The molecule has 0 fully saturated rings. The zero-order valence-corrected chi connectivity index (χ0v) is 8.67. The topological polar surface area (TPSA) is 78.0 Å². The number of aliphatic carboxylic acids is 1. The first-order valence-electron chi connectivity index (χ1n) is 4.21. The van der Waals surface area contributed by atoms with Crippen molar-refractivity contribution >= 4 is 23.7 Å². The molecule has 0 saturated heterocycles. The Hall–Kier alpha value is -1.17. The minimum atomic E-state index is -0.851. The average Bonchev–Trinajstić information content (AvgIpc) is 2.64. The minimum absolute atomic E-state index is 0.499. The van der Waals surface area contributed by atoms with E-state index < -0.39 is 12.0 Å². The van der Waals surface area contributed by atoms with Crippen LogP contribution in [0, 0.1) is 0 Å². The Morgan fingerprint density at radius 3 is 3.14 bits per heavy atom. The lowest BCUT2D eigenvalue weighted by Crippen LogP contribution is -2.30. The second-order valence-corrected chi connectivity index (χ2v) is 3.74. The Kier molecular flexibility index (Phi) is 4.31. The number of nitrogens with one attached hydrogen (secondary N) is 2. The number of hydrogen-bond donors (Lipinski definition) is 3. The van der Waals surface area contributed by atoms with Crippen LogP contribution >= 0.6 is 11.8 Å². The number of hydrogen-bond acceptors (Lipinski definition) is 4. The van der Waals surface area contributed by atoms with Crippen molar-refractivity contribution in [2.45, 2.75) is 12.5 Å². The van der Waals surface area contributed by atoms with Gasteiger partial charge in [0, 0.05) is 12.4 Å². The highest BCUT2D eigenvalue weighted by molar-refractivity contribution is 7.98. The molecule has 0 spiro atoms. The van der Waals surface area contributed by atoms with Gasteiger partial charge in [-0.2, -0.15) is 11.8 Å². The monoisotopic (exact) mass is 215 g/mol. The predicted molar refractivity (Wildman–Crippen MR) is 56.6 cm³/mol. The van der Waals surface area contributed by atoms with Crippen molar-refractivity contribution < 1.29 is 9.90 Å². The fourth-order valence-electron chi connectivity index (χ4n) is 1.00. The van der Waals surface area contributed by atoms with Gasteiger partial charge in [0.2, 0.25) is 5.95 Å². The Bertz CT molecular complexity index is 276. The molecule has 0 aliphatic heterocycles. The number of aromatic amines is 1. The highest BCUT2D eigenvalue weighted by Crippen LogP contribution is 2.06. The molecule has 78 valence electrons. The molecule has 0 bridgehead atoms. The summed E-state index contributed by atoms with van der Waals surface area (Å²) >= 11 is 1.63. The lowest BCUT2D eigenvalue weighted by atomic mass is 10.2. The van der Waals surface area contributed by atoms with Crippen LogP contribution in [-0.2, 0) is 4.79 Å². The van der Waals surface area contributed by atoms with E-state index in [1.165, 1.54) is 0 Å². The number of carboxylic acid groups (broad SMARTS) is 1. The van der Waals surface area contributed by atoms with Crippen LogP contribution in [0.2, 0.25) is 0 Å². The number of thioether (sulfide) groups is 1. The molecule has 0 unspecified atom stereocenters. The van der Waals surface area contributed by atoms with Crippen molar-refractivity contribution in [2.75, 3.05) is 17.3 Å². The molecule has 1 heterocycles. The van der Waals surface area contributed by atoms with E-state index in [2.05, 4.69) is 15.3 Å². The molecule has 14 heavy (non-hydrogen) atoms. The lowest BCUT2D eigenvalue weighted by molar-refractivity contribution is -0.137. The molecular formula is C8H13N3O2S. The van der Waals surface area contributed by atoms with E-state index in [4.69, 9.17) is 5.11 Å². The number of anilines is 1. The first-order chi connectivity index (χ1) is 6.74. The van der Waals surface area contributed by atoms with Crippen LogP contribution in [-0.4, -0.2) is 39.1 Å². The van der Waals surface area contributed by atoms with Crippen LogP contribution in [0.5, 0.6) is 0 Å². The summed E-state index contributed by atoms with van der Waals surface area (Å²) in [4.78, 5) is 17.5. The zero-order chi connectivity index (χ0) is 10.4. The number of rotatable bonds is 6. The maximum absolute atomic E-state index is 10.8. The minimum Gasteiger partial charge on any atom is -0.480 e. The van der Waals surface area contributed by atoms with Gasteiger partial charge in [-0.3, -0.25) is 0 Å². The quantitative estimate of drug-likeness (QED) is 0.660. The third-order valence-corrected chi connectivity index (χ3v) is 2.36. The number of imidazole rings is 1. The van der Waals surface area contributed by atoms with Crippen molar-refractivity contribution in [3.8, 4) is 0 Å². The van der Waals surface area contributed by atoms with Gasteiger partial charge in [0.25, 0.3) is 0 Å². The number of aromatic nitrogens is 2. The lowest BCUT2D eigenvalue weighted by Gasteiger charge is -2.12. The Morgan fingerprint density at radius 1 is 1.86 bits per heavy atom. The molecule has 1 aromatic heterocycles. The van der Waals surface area contributed by atoms with E-state index in [0.717, 1.165) is 5.75 Å². The Balaban J connectivity index is 2.47. The van der Waals surface area contributed by atoms with Gasteiger partial charge in [-0.25, -0.2) is 9.78 Å².